The van der Waals surface area contributed by atoms with Crippen molar-refractivity contribution in [2.75, 3.05) is 20.3 Å². The number of carbonyl (C=O) groups is 1. The van der Waals surface area contributed by atoms with Crippen molar-refractivity contribution in [1.29, 1.82) is 0 Å². The maximum absolute atomic E-state index is 12.2. The summed E-state index contributed by atoms with van der Waals surface area (Å²) in [6.07, 6.45) is 2.01. The van der Waals surface area contributed by atoms with E-state index in [2.05, 4.69) is 0 Å². The van der Waals surface area contributed by atoms with E-state index in [1.54, 1.807) is 19.2 Å². The van der Waals surface area contributed by atoms with Crippen LogP contribution in [0.5, 0.6) is 0 Å². The van der Waals surface area contributed by atoms with Crippen molar-refractivity contribution in [3.63, 3.8) is 0 Å². The van der Waals surface area contributed by atoms with Crippen LogP contribution in [0.15, 0.2) is 16.5 Å². The number of rotatable bonds is 4. The number of hydrogen-bond acceptors (Lipinski definition) is 4. The Kier molecular flexibility index (Phi) is 3.81. The van der Waals surface area contributed by atoms with Gasteiger partial charge in [0.1, 0.15) is 5.76 Å². The van der Waals surface area contributed by atoms with E-state index in [0.717, 1.165) is 19.4 Å². The van der Waals surface area contributed by atoms with Gasteiger partial charge in [-0.1, -0.05) is 0 Å². The highest BCUT2D eigenvalue weighted by Gasteiger charge is 2.30. The summed E-state index contributed by atoms with van der Waals surface area (Å²) in [5.74, 6) is 0.938. The number of ether oxygens (including phenoxy) is 1. The SMILES string of the molecule is COC[C@@H]1CCCN1C(=O)c1ccc(CN)o1. The molecule has 0 radical (unpaired) electrons. The van der Waals surface area contributed by atoms with Crippen molar-refractivity contribution in [1.82, 2.24) is 4.90 Å². The summed E-state index contributed by atoms with van der Waals surface area (Å²) in [7, 11) is 1.65. The summed E-state index contributed by atoms with van der Waals surface area (Å²) in [5, 5.41) is 0. The third-order valence-corrected chi connectivity index (χ3v) is 3.07. The molecule has 0 aliphatic carbocycles. The number of methoxy groups -OCH3 is 1. The second-order valence-electron chi connectivity index (χ2n) is 4.22. The van der Waals surface area contributed by atoms with Gasteiger partial charge in [0.2, 0.25) is 0 Å². The van der Waals surface area contributed by atoms with Gasteiger partial charge in [-0.2, -0.15) is 0 Å². The van der Waals surface area contributed by atoms with E-state index in [-0.39, 0.29) is 11.9 Å². The number of hydrogen-bond donors (Lipinski definition) is 1. The standard InChI is InChI=1S/C12H18N2O3/c1-16-8-9-3-2-6-14(9)12(15)11-5-4-10(7-13)17-11/h4-5,9H,2-3,6-8,13H2,1H3/t9-/m0/s1. The lowest BCUT2D eigenvalue weighted by atomic mass is 10.2. The minimum atomic E-state index is -0.0655. The molecule has 1 aromatic rings. The first-order valence-electron chi connectivity index (χ1n) is 5.85. The Morgan fingerprint density at radius 3 is 3.12 bits per heavy atom. The molecule has 1 amide bonds. The van der Waals surface area contributed by atoms with Gasteiger partial charge >= 0.3 is 0 Å². The van der Waals surface area contributed by atoms with Crippen LogP contribution in [0.25, 0.3) is 0 Å². The lowest BCUT2D eigenvalue weighted by molar-refractivity contribution is 0.0599. The molecule has 1 aliphatic heterocycles. The number of carbonyl (C=O) groups excluding carboxylic acids is 1. The molecule has 5 heteroatoms. The zero-order valence-electron chi connectivity index (χ0n) is 10.0. The van der Waals surface area contributed by atoms with E-state index < -0.39 is 0 Å². The van der Waals surface area contributed by atoms with Gasteiger partial charge in [0.25, 0.3) is 5.91 Å². The van der Waals surface area contributed by atoms with Gasteiger partial charge in [-0.05, 0) is 25.0 Å². The lowest BCUT2D eigenvalue weighted by Gasteiger charge is -2.22. The third kappa shape index (κ3) is 2.50. The molecule has 17 heavy (non-hydrogen) atoms. The molecule has 1 fully saturated rings. The van der Waals surface area contributed by atoms with Gasteiger partial charge in [-0.15, -0.1) is 0 Å². The molecule has 94 valence electrons. The monoisotopic (exact) mass is 238 g/mol. The minimum Gasteiger partial charge on any atom is -0.455 e. The fourth-order valence-corrected chi connectivity index (χ4v) is 2.21. The molecular weight excluding hydrogens is 220 g/mol. The predicted molar refractivity (Wildman–Crippen MR) is 62.5 cm³/mol. The second-order valence-corrected chi connectivity index (χ2v) is 4.22. The molecular formula is C12H18N2O3. The summed E-state index contributed by atoms with van der Waals surface area (Å²) in [5.41, 5.74) is 5.45. The van der Waals surface area contributed by atoms with Crippen LogP contribution in [-0.4, -0.2) is 37.1 Å². The highest BCUT2D eigenvalue weighted by atomic mass is 16.5. The van der Waals surface area contributed by atoms with Crippen molar-refractivity contribution in [3.8, 4) is 0 Å². The van der Waals surface area contributed by atoms with Crippen LogP contribution in [0.3, 0.4) is 0 Å². The van der Waals surface area contributed by atoms with E-state index in [1.807, 2.05) is 4.90 Å². The van der Waals surface area contributed by atoms with Crippen molar-refractivity contribution in [2.24, 2.45) is 5.73 Å². The lowest BCUT2D eigenvalue weighted by Crippen LogP contribution is -2.37. The summed E-state index contributed by atoms with van der Waals surface area (Å²) in [4.78, 5) is 14.0. The maximum Gasteiger partial charge on any atom is 0.289 e. The second kappa shape index (κ2) is 5.33. The molecule has 0 unspecified atom stereocenters. The fourth-order valence-electron chi connectivity index (χ4n) is 2.21. The van der Waals surface area contributed by atoms with Gasteiger partial charge in [0.15, 0.2) is 5.76 Å². The Morgan fingerprint density at radius 2 is 2.47 bits per heavy atom. The minimum absolute atomic E-state index is 0.0655. The zero-order chi connectivity index (χ0) is 12.3. The number of likely N-dealkylation sites (tertiary alicyclic amines) is 1. The molecule has 0 bridgehead atoms. The zero-order valence-corrected chi connectivity index (χ0v) is 10.0. The smallest absolute Gasteiger partial charge is 0.289 e. The molecule has 2 rings (SSSR count). The largest absolute Gasteiger partial charge is 0.455 e. The Hall–Kier alpha value is -1.33. The molecule has 5 nitrogen and oxygen atoms in total. The Bertz CT molecular complexity index is 389. The van der Waals surface area contributed by atoms with Crippen LogP contribution in [0.2, 0.25) is 0 Å². The summed E-state index contributed by atoms with van der Waals surface area (Å²) < 4.78 is 10.5. The number of amides is 1. The van der Waals surface area contributed by atoms with Gasteiger partial charge < -0.3 is 19.8 Å². The van der Waals surface area contributed by atoms with E-state index in [0.29, 0.717) is 24.7 Å². The Balaban J connectivity index is 2.08. The number of furan rings is 1. The fraction of sp³-hybridized carbons (Fsp3) is 0.583. The van der Waals surface area contributed by atoms with Crippen molar-refractivity contribution < 1.29 is 13.9 Å². The first kappa shape index (κ1) is 12.1. The van der Waals surface area contributed by atoms with Crippen LogP contribution in [-0.2, 0) is 11.3 Å². The number of nitrogens with zero attached hydrogens (tertiary/aromatic N) is 1. The van der Waals surface area contributed by atoms with Gasteiger partial charge in [-0.3, -0.25) is 4.79 Å². The molecule has 1 saturated heterocycles. The van der Waals surface area contributed by atoms with Gasteiger partial charge in [0, 0.05) is 13.7 Å². The predicted octanol–water partition coefficient (Wildman–Crippen LogP) is 0.989. The summed E-state index contributed by atoms with van der Waals surface area (Å²) in [6.45, 7) is 1.66. The normalized spacial score (nSPS) is 19.9. The summed E-state index contributed by atoms with van der Waals surface area (Å²) in [6, 6.07) is 3.60. The van der Waals surface area contributed by atoms with Gasteiger partial charge in [0.05, 0.1) is 19.2 Å². The van der Waals surface area contributed by atoms with Crippen LogP contribution >= 0.6 is 0 Å². The quantitative estimate of drug-likeness (QED) is 0.849. The molecule has 1 aromatic heterocycles. The maximum atomic E-state index is 12.2. The first-order chi connectivity index (χ1) is 8.26. The Morgan fingerprint density at radius 1 is 1.65 bits per heavy atom. The molecule has 1 aliphatic rings. The number of nitrogens with two attached hydrogens (primary N) is 1. The van der Waals surface area contributed by atoms with E-state index >= 15 is 0 Å². The van der Waals surface area contributed by atoms with E-state index in [1.165, 1.54) is 0 Å². The topological polar surface area (TPSA) is 68.7 Å². The first-order valence-corrected chi connectivity index (χ1v) is 5.85. The van der Waals surface area contributed by atoms with Crippen molar-refractivity contribution in [3.05, 3.63) is 23.7 Å². The molecule has 1 atom stereocenters. The van der Waals surface area contributed by atoms with Crippen molar-refractivity contribution >= 4 is 5.91 Å². The highest BCUT2D eigenvalue weighted by molar-refractivity contribution is 5.92. The van der Waals surface area contributed by atoms with Crippen molar-refractivity contribution in [2.45, 2.75) is 25.4 Å². The van der Waals surface area contributed by atoms with E-state index in [4.69, 9.17) is 14.9 Å². The summed E-state index contributed by atoms with van der Waals surface area (Å²) >= 11 is 0. The van der Waals surface area contributed by atoms with E-state index in [9.17, 15) is 4.79 Å². The molecule has 2 N–H and O–H groups in total. The Labute approximate surface area is 101 Å². The van der Waals surface area contributed by atoms with Crippen LogP contribution in [0.1, 0.15) is 29.2 Å². The van der Waals surface area contributed by atoms with Crippen LogP contribution in [0, 0.1) is 0 Å². The average Bonchev–Trinajstić information content (AvgIpc) is 2.97. The molecule has 2 heterocycles. The molecule has 0 aromatic carbocycles. The van der Waals surface area contributed by atoms with Crippen LogP contribution < -0.4 is 5.73 Å². The average molecular weight is 238 g/mol. The third-order valence-electron chi connectivity index (χ3n) is 3.07. The highest BCUT2D eigenvalue weighted by Crippen LogP contribution is 2.21. The van der Waals surface area contributed by atoms with Crippen LogP contribution in [0.4, 0.5) is 0 Å². The molecule has 0 spiro atoms. The van der Waals surface area contributed by atoms with Gasteiger partial charge in [-0.25, -0.2) is 0 Å². The molecule has 0 saturated carbocycles.